The molecule has 0 aliphatic rings. The van der Waals surface area contributed by atoms with Gasteiger partial charge < -0.3 is 0 Å². The summed E-state index contributed by atoms with van der Waals surface area (Å²) in [6.07, 6.45) is 0. The van der Waals surface area contributed by atoms with Crippen molar-refractivity contribution in [2.45, 2.75) is 0 Å². The molecule has 0 amide bonds. The maximum Gasteiger partial charge on any atom is 0.235 e. The molecule has 3 nitrogen and oxygen atoms in total. The van der Waals surface area contributed by atoms with Gasteiger partial charge in [0, 0.05) is 41.9 Å². The summed E-state index contributed by atoms with van der Waals surface area (Å²) in [4.78, 5) is 10.8. The molecular weight excluding hydrogens is 579 g/mol. The van der Waals surface area contributed by atoms with Crippen molar-refractivity contribution in [2.75, 3.05) is 0 Å². The van der Waals surface area contributed by atoms with E-state index in [2.05, 4.69) is 156 Å². The maximum atomic E-state index is 5.51. The minimum atomic E-state index is 0.676. The third-order valence-electron chi connectivity index (χ3n) is 9.19. The SMILES string of the molecule is c1ccc(-c2ccc3nc(-n4c5ccccc5c5cc6ccccc6cc54)nc(-c4cccc5c4sc4ccccc45)c3c2)cc1. The molecule has 0 aliphatic heterocycles. The van der Waals surface area contributed by atoms with Crippen LogP contribution in [0.1, 0.15) is 0 Å². The highest BCUT2D eigenvalue weighted by atomic mass is 32.1. The molecule has 3 aromatic heterocycles. The number of aromatic nitrogens is 3. The van der Waals surface area contributed by atoms with Crippen LogP contribution >= 0.6 is 11.3 Å². The molecule has 0 fully saturated rings. The fraction of sp³-hybridized carbons (Fsp3) is 0. The van der Waals surface area contributed by atoms with Crippen LogP contribution in [0.4, 0.5) is 0 Å². The van der Waals surface area contributed by atoms with E-state index in [1.54, 1.807) is 0 Å². The van der Waals surface area contributed by atoms with E-state index in [-0.39, 0.29) is 0 Å². The lowest BCUT2D eigenvalue weighted by Crippen LogP contribution is -2.03. The molecule has 7 aromatic carbocycles. The van der Waals surface area contributed by atoms with Crippen LogP contribution in [-0.2, 0) is 0 Å². The highest BCUT2D eigenvalue weighted by molar-refractivity contribution is 7.26. The van der Waals surface area contributed by atoms with Crippen molar-refractivity contribution in [3.63, 3.8) is 0 Å². The molecule has 0 saturated heterocycles. The first-order valence-corrected chi connectivity index (χ1v) is 16.3. The summed E-state index contributed by atoms with van der Waals surface area (Å²) in [6, 6.07) is 54.2. The lowest BCUT2D eigenvalue weighted by molar-refractivity contribution is 1.01. The topological polar surface area (TPSA) is 30.7 Å². The summed E-state index contributed by atoms with van der Waals surface area (Å²) >= 11 is 1.83. The van der Waals surface area contributed by atoms with Crippen molar-refractivity contribution >= 4 is 75.0 Å². The third-order valence-corrected chi connectivity index (χ3v) is 10.4. The van der Waals surface area contributed by atoms with Crippen LogP contribution in [-0.4, -0.2) is 14.5 Å². The normalized spacial score (nSPS) is 11.9. The minimum absolute atomic E-state index is 0.676. The molecular formula is C42H25N3S. The van der Waals surface area contributed by atoms with Crippen LogP contribution in [0, 0.1) is 0 Å². The molecule has 0 aliphatic carbocycles. The van der Waals surface area contributed by atoms with E-state index >= 15 is 0 Å². The number of hydrogen-bond acceptors (Lipinski definition) is 3. The van der Waals surface area contributed by atoms with Gasteiger partial charge in [-0.3, -0.25) is 4.57 Å². The van der Waals surface area contributed by atoms with Crippen molar-refractivity contribution in [3.8, 4) is 28.3 Å². The molecule has 0 N–H and O–H groups in total. The van der Waals surface area contributed by atoms with E-state index in [9.17, 15) is 0 Å². The Hall–Kier alpha value is -5.84. The van der Waals surface area contributed by atoms with Crippen molar-refractivity contribution in [1.82, 2.24) is 14.5 Å². The van der Waals surface area contributed by atoms with Crippen LogP contribution < -0.4 is 0 Å². The highest BCUT2D eigenvalue weighted by Crippen LogP contribution is 2.42. The van der Waals surface area contributed by atoms with E-state index in [0.717, 1.165) is 38.8 Å². The van der Waals surface area contributed by atoms with Gasteiger partial charge in [-0.2, -0.15) is 0 Å². The molecule has 46 heavy (non-hydrogen) atoms. The van der Waals surface area contributed by atoms with E-state index < -0.39 is 0 Å². The fourth-order valence-corrected chi connectivity index (χ4v) is 8.25. The smallest absolute Gasteiger partial charge is 0.235 e. The van der Waals surface area contributed by atoms with E-state index in [1.165, 1.54) is 47.3 Å². The molecule has 10 rings (SSSR count). The minimum Gasteiger partial charge on any atom is -0.278 e. The molecule has 4 heteroatoms. The molecule has 0 unspecified atom stereocenters. The van der Waals surface area contributed by atoms with Gasteiger partial charge in [-0.25, -0.2) is 9.97 Å². The van der Waals surface area contributed by atoms with Crippen molar-refractivity contribution < 1.29 is 0 Å². The third kappa shape index (κ3) is 3.77. The summed E-state index contributed by atoms with van der Waals surface area (Å²) in [5, 5.41) is 8.40. The monoisotopic (exact) mass is 603 g/mol. The zero-order chi connectivity index (χ0) is 30.2. The Morgan fingerprint density at radius 1 is 0.457 bits per heavy atom. The Kier molecular flexibility index (Phi) is 5.45. The molecule has 0 spiro atoms. The molecule has 214 valence electrons. The number of thiophene rings is 1. The van der Waals surface area contributed by atoms with E-state index in [1.807, 2.05) is 11.3 Å². The zero-order valence-corrected chi connectivity index (χ0v) is 25.5. The van der Waals surface area contributed by atoms with Crippen molar-refractivity contribution in [1.29, 1.82) is 0 Å². The Bertz CT molecular complexity index is 2810. The highest BCUT2D eigenvalue weighted by Gasteiger charge is 2.20. The van der Waals surface area contributed by atoms with Gasteiger partial charge in [0.25, 0.3) is 0 Å². The van der Waals surface area contributed by atoms with E-state index in [0.29, 0.717) is 5.95 Å². The van der Waals surface area contributed by atoms with Gasteiger partial charge in [-0.05, 0) is 58.3 Å². The molecule has 0 bridgehead atoms. The number of rotatable bonds is 3. The number of para-hydroxylation sites is 1. The predicted octanol–water partition coefficient (Wildman–Crippen LogP) is 11.6. The van der Waals surface area contributed by atoms with Crippen molar-refractivity contribution in [3.05, 3.63) is 152 Å². The van der Waals surface area contributed by atoms with Gasteiger partial charge in [0.1, 0.15) is 0 Å². The standard InChI is InChI=1S/C42H25N3S/c1-2-11-26(12-3-1)29-21-22-36-35(24-29)40(33-18-10-17-32-31-16-7-9-20-39(31)46-41(32)33)44-42(43-36)45-37-19-8-6-15-30(37)34-23-27-13-4-5-14-28(27)25-38(34)45/h1-25H. The molecule has 10 aromatic rings. The Morgan fingerprint density at radius 3 is 2.09 bits per heavy atom. The average molecular weight is 604 g/mol. The first-order valence-electron chi connectivity index (χ1n) is 15.5. The van der Waals surface area contributed by atoms with Crippen LogP contribution in [0.3, 0.4) is 0 Å². The Balaban J connectivity index is 1.33. The van der Waals surface area contributed by atoms with Gasteiger partial charge in [-0.1, -0.05) is 115 Å². The largest absolute Gasteiger partial charge is 0.278 e. The maximum absolute atomic E-state index is 5.51. The number of benzene rings is 7. The van der Waals surface area contributed by atoms with Crippen LogP contribution in [0.2, 0.25) is 0 Å². The summed E-state index contributed by atoms with van der Waals surface area (Å²) in [5.74, 6) is 0.676. The van der Waals surface area contributed by atoms with E-state index in [4.69, 9.17) is 9.97 Å². The van der Waals surface area contributed by atoms with Crippen LogP contribution in [0.5, 0.6) is 0 Å². The predicted molar refractivity (Wildman–Crippen MR) is 195 cm³/mol. The van der Waals surface area contributed by atoms with Gasteiger partial charge in [-0.15, -0.1) is 11.3 Å². The average Bonchev–Trinajstić information content (AvgIpc) is 3.66. The molecule has 0 atom stereocenters. The van der Waals surface area contributed by atoms with Crippen LogP contribution in [0.25, 0.3) is 92.0 Å². The first-order chi connectivity index (χ1) is 22.8. The number of fused-ring (bicyclic) bond motifs is 8. The number of nitrogens with zero attached hydrogens (tertiary/aromatic N) is 3. The summed E-state index contributed by atoms with van der Waals surface area (Å²) < 4.78 is 4.77. The van der Waals surface area contributed by atoms with Gasteiger partial charge >= 0.3 is 0 Å². The van der Waals surface area contributed by atoms with Crippen molar-refractivity contribution in [2.24, 2.45) is 0 Å². The zero-order valence-electron chi connectivity index (χ0n) is 24.7. The lowest BCUT2D eigenvalue weighted by Gasteiger charge is -2.14. The van der Waals surface area contributed by atoms with Crippen LogP contribution in [0.15, 0.2) is 152 Å². The summed E-state index contributed by atoms with van der Waals surface area (Å²) in [7, 11) is 0. The van der Waals surface area contributed by atoms with Gasteiger partial charge in [0.2, 0.25) is 5.95 Å². The number of hydrogen-bond donors (Lipinski definition) is 0. The second-order valence-corrected chi connectivity index (χ2v) is 12.9. The molecule has 3 heterocycles. The Morgan fingerprint density at radius 2 is 1.20 bits per heavy atom. The fourth-order valence-electron chi connectivity index (χ4n) is 7.04. The van der Waals surface area contributed by atoms with Gasteiger partial charge in [0.15, 0.2) is 0 Å². The Labute approximate surface area is 268 Å². The molecule has 0 saturated carbocycles. The molecule has 0 radical (unpaired) electrons. The van der Waals surface area contributed by atoms with Gasteiger partial charge in [0.05, 0.1) is 22.2 Å². The quantitative estimate of drug-likeness (QED) is 0.201. The second kappa shape index (κ2) is 9.83. The first kappa shape index (κ1) is 25.5. The summed E-state index contributed by atoms with van der Waals surface area (Å²) in [5.41, 5.74) is 7.52. The summed E-state index contributed by atoms with van der Waals surface area (Å²) in [6.45, 7) is 0. The lowest BCUT2D eigenvalue weighted by atomic mass is 9.99. The second-order valence-electron chi connectivity index (χ2n) is 11.8.